The highest BCUT2D eigenvalue weighted by Crippen LogP contribution is 2.28. The van der Waals surface area contributed by atoms with Crippen molar-refractivity contribution in [1.29, 1.82) is 0 Å². The predicted molar refractivity (Wildman–Crippen MR) is 109 cm³/mol. The van der Waals surface area contributed by atoms with Gasteiger partial charge in [-0.2, -0.15) is 5.10 Å². The fourth-order valence-corrected chi connectivity index (χ4v) is 4.06. The fourth-order valence-electron chi connectivity index (χ4n) is 4.06. The van der Waals surface area contributed by atoms with E-state index < -0.39 is 23.4 Å². The number of pyridine rings is 1. The number of hydrogen-bond acceptors (Lipinski definition) is 4. The molecule has 1 saturated heterocycles. The number of nitrogens with zero attached hydrogens (tertiary/aromatic N) is 3. The molecule has 1 amide bonds. The van der Waals surface area contributed by atoms with Crippen LogP contribution in [0.3, 0.4) is 0 Å². The van der Waals surface area contributed by atoms with Crippen LogP contribution in [0.4, 0.5) is 13.2 Å². The number of nitrogens with one attached hydrogen (secondary N) is 2. The van der Waals surface area contributed by atoms with Gasteiger partial charge in [-0.3, -0.25) is 14.5 Å². The standard InChI is InChI=1S/C22H22F3N5O/c1-12-9-28-30(2)21(12)15-10-27-19(8-17(15)24)22(31)29-20-11-26-6-5-14(20)13-3-4-16(23)18(25)7-13/h3-4,7-10,14,20,26H,5-6,11H2,1-2H3,(H,29,31)/t14-,20+/m1/s1. The third-order valence-corrected chi connectivity index (χ3v) is 5.63. The van der Waals surface area contributed by atoms with Crippen molar-refractivity contribution < 1.29 is 18.0 Å². The molecule has 0 aliphatic carbocycles. The number of halogens is 3. The molecule has 0 saturated carbocycles. The van der Waals surface area contributed by atoms with Crippen LogP contribution < -0.4 is 10.6 Å². The maximum Gasteiger partial charge on any atom is 0.270 e. The van der Waals surface area contributed by atoms with Gasteiger partial charge in [0.2, 0.25) is 0 Å². The molecule has 2 atom stereocenters. The number of rotatable bonds is 4. The van der Waals surface area contributed by atoms with Gasteiger partial charge in [0.25, 0.3) is 5.91 Å². The summed E-state index contributed by atoms with van der Waals surface area (Å²) in [6.45, 7) is 2.95. The van der Waals surface area contributed by atoms with E-state index in [1.165, 1.54) is 12.3 Å². The Labute approximate surface area is 177 Å². The number of carbonyl (C=O) groups is 1. The molecule has 1 fully saturated rings. The number of aryl methyl sites for hydroxylation is 2. The van der Waals surface area contributed by atoms with Crippen LogP contribution in [0.2, 0.25) is 0 Å². The molecule has 3 aromatic rings. The Morgan fingerprint density at radius 2 is 1.97 bits per heavy atom. The molecular formula is C22H22F3N5O. The lowest BCUT2D eigenvalue weighted by Gasteiger charge is -2.33. The SMILES string of the molecule is Cc1cnn(C)c1-c1cnc(C(=O)N[C@H]2CNCC[C@@H]2c2ccc(F)c(F)c2)cc1F. The Morgan fingerprint density at radius 3 is 2.65 bits per heavy atom. The molecule has 0 spiro atoms. The van der Waals surface area contributed by atoms with Crippen molar-refractivity contribution in [2.75, 3.05) is 13.1 Å². The first kappa shape index (κ1) is 21.0. The van der Waals surface area contributed by atoms with Gasteiger partial charge in [0, 0.05) is 37.8 Å². The summed E-state index contributed by atoms with van der Waals surface area (Å²) in [7, 11) is 1.71. The Morgan fingerprint density at radius 1 is 1.16 bits per heavy atom. The van der Waals surface area contributed by atoms with Crippen molar-refractivity contribution in [2.24, 2.45) is 7.05 Å². The van der Waals surface area contributed by atoms with E-state index in [1.807, 2.05) is 6.92 Å². The van der Waals surface area contributed by atoms with Crippen LogP contribution in [0.25, 0.3) is 11.3 Å². The summed E-state index contributed by atoms with van der Waals surface area (Å²) in [5.74, 6) is -3.16. The van der Waals surface area contributed by atoms with Gasteiger partial charge >= 0.3 is 0 Å². The van der Waals surface area contributed by atoms with Crippen LogP contribution in [0.1, 0.15) is 34.0 Å². The predicted octanol–water partition coefficient (Wildman–Crippen LogP) is 3.08. The topological polar surface area (TPSA) is 71.8 Å². The van der Waals surface area contributed by atoms with Crippen LogP contribution in [0.15, 0.2) is 36.7 Å². The van der Waals surface area contributed by atoms with Crippen molar-refractivity contribution in [3.05, 3.63) is 70.9 Å². The van der Waals surface area contributed by atoms with Gasteiger partial charge in [-0.15, -0.1) is 0 Å². The molecule has 31 heavy (non-hydrogen) atoms. The first-order valence-corrected chi connectivity index (χ1v) is 9.96. The van der Waals surface area contributed by atoms with Crippen molar-refractivity contribution in [2.45, 2.75) is 25.3 Å². The molecule has 0 unspecified atom stereocenters. The normalized spacial score (nSPS) is 18.7. The summed E-state index contributed by atoms with van der Waals surface area (Å²) in [5, 5.41) is 10.1. The van der Waals surface area contributed by atoms with Crippen LogP contribution in [-0.2, 0) is 7.05 Å². The van der Waals surface area contributed by atoms with E-state index in [9.17, 15) is 18.0 Å². The number of piperidine rings is 1. The summed E-state index contributed by atoms with van der Waals surface area (Å²) in [6.07, 6.45) is 3.58. The summed E-state index contributed by atoms with van der Waals surface area (Å²) >= 11 is 0. The summed E-state index contributed by atoms with van der Waals surface area (Å²) < 4.78 is 43.4. The lowest BCUT2D eigenvalue weighted by Crippen LogP contribution is -2.50. The van der Waals surface area contributed by atoms with E-state index in [4.69, 9.17) is 0 Å². The van der Waals surface area contributed by atoms with Gasteiger partial charge in [0.05, 0.1) is 17.5 Å². The Bertz CT molecular complexity index is 1110. The summed E-state index contributed by atoms with van der Waals surface area (Å²) in [4.78, 5) is 16.9. The third-order valence-electron chi connectivity index (χ3n) is 5.63. The van der Waals surface area contributed by atoms with Gasteiger partial charge in [-0.25, -0.2) is 13.2 Å². The third kappa shape index (κ3) is 4.18. The molecule has 0 bridgehead atoms. The molecule has 1 aromatic carbocycles. The lowest BCUT2D eigenvalue weighted by molar-refractivity contribution is 0.0919. The first-order chi connectivity index (χ1) is 14.8. The van der Waals surface area contributed by atoms with E-state index in [0.717, 1.165) is 23.8 Å². The van der Waals surface area contributed by atoms with Gasteiger partial charge in [0.1, 0.15) is 11.5 Å². The maximum atomic E-state index is 14.8. The molecule has 2 aromatic heterocycles. The largest absolute Gasteiger partial charge is 0.346 e. The average Bonchev–Trinajstić information content (AvgIpc) is 3.08. The summed E-state index contributed by atoms with van der Waals surface area (Å²) in [5.41, 5.74) is 2.19. The van der Waals surface area contributed by atoms with Crippen LogP contribution >= 0.6 is 0 Å². The molecule has 4 rings (SSSR count). The second-order valence-corrected chi connectivity index (χ2v) is 7.70. The molecule has 3 heterocycles. The monoisotopic (exact) mass is 429 g/mol. The lowest BCUT2D eigenvalue weighted by atomic mass is 9.86. The van der Waals surface area contributed by atoms with Crippen LogP contribution in [0.5, 0.6) is 0 Å². The number of carbonyl (C=O) groups excluding carboxylic acids is 1. The molecular weight excluding hydrogens is 407 g/mol. The zero-order valence-corrected chi connectivity index (χ0v) is 17.1. The second-order valence-electron chi connectivity index (χ2n) is 7.70. The highest BCUT2D eigenvalue weighted by molar-refractivity contribution is 5.93. The van der Waals surface area contributed by atoms with Crippen molar-refractivity contribution in [1.82, 2.24) is 25.4 Å². The molecule has 6 nitrogen and oxygen atoms in total. The highest BCUT2D eigenvalue weighted by atomic mass is 19.2. The Balaban J connectivity index is 1.55. The van der Waals surface area contributed by atoms with Gasteiger partial charge < -0.3 is 10.6 Å². The first-order valence-electron chi connectivity index (χ1n) is 9.96. The number of aromatic nitrogens is 3. The maximum absolute atomic E-state index is 14.8. The number of amides is 1. The Kier molecular flexibility index (Phi) is 5.77. The zero-order valence-electron chi connectivity index (χ0n) is 17.1. The quantitative estimate of drug-likeness (QED) is 0.669. The zero-order chi connectivity index (χ0) is 22.1. The number of benzene rings is 1. The molecule has 1 aliphatic rings. The summed E-state index contributed by atoms with van der Waals surface area (Å²) in [6, 6.07) is 4.49. The molecule has 0 radical (unpaired) electrons. The second kappa shape index (κ2) is 8.50. The molecule has 162 valence electrons. The molecule has 9 heteroatoms. The van der Waals surface area contributed by atoms with Crippen molar-refractivity contribution >= 4 is 5.91 Å². The molecule has 1 aliphatic heterocycles. The minimum Gasteiger partial charge on any atom is -0.346 e. The van der Waals surface area contributed by atoms with Crippen LogP contribution in [-0.4, -0.2) is 39.8 Å². The van der Waals surface area contributed by atoms with Gasteiger partial charge in [-0.05, 0) is 43.1 Å². The minimum atomic E-state index is -0.925. The van der Waals surface area contributed by atoms with E-state index in [2.05, 4.69) is 20.7 Å². The highest BCUT2D eigenvalue weighted by Gasteiger charge is 2.29. The van der Waals surface area contributed by atoms with Gasteiger partial charge in [0.15, 0.2) is 11.6 Å². The van der Waals surface area contributed by atoms with Crippen molar-refractivity contribution in [3.63, 3.8) is 0 Å². The minimum absolute atomic E-state index is 0.0596. The average molecular weight is 429 g/mol. The van der Waals surface area contributed by atoms with E-state index in [0.29, 0.717) is 30.8 Å². The van der Waals surface area contributed by atoms with Gasteiger partial charge in [-0.1, -0.05) is 6.07 Å². The van der Waals surface area contributed by atoms with Crippen molar-refractivity contribution in [3.8, 4) is 11.3 Å². The smallest absolute Gasteiger partial charge is 0.270 e. The molecule has 2 N–H and O–H groups in total. The number of hydrogen-bond donors (Lipinski definition) is 2. The Hall–Kier alpha value is -3.20. The van der Waals surface area contributed by atoms with E-state index in [1.54, 1.807) is 17.9 Å². The van der Waals surface area contributed by atoms with E-state index >= 15 is 0 Å². The van der Waals surface area contributed by atoms with E-state index in [-0.39, 0.29) is 23.2 Å². The van der Waals surface area contributed by atoms with Crippen LogP contribution in [0, 0.1) is 24.4 Å². The fraction of sp³-hybridized carbons (Fsp3) is 0.318.